The molecule has 0 fully saturated rings. The number of para-hydroxylation sites is 1. The zero-order chi connectivity index (χ0) is 15.1. The van der Waals surface area contributed by atoms with Gasteiger partial charge in [-0.05, 0) is 17.2 Å². The summed E-state index contributed by atoms with van der Waals surface area (Å²) in [7, 11) is 0. The second-order valence-corrected chi connectivity index (χ2v) is 4.90. The molecule has 4 heteroatoms. The number of nitrogens with two attached hydrogens (primary N) is 1. The van der Waals surface area contributed by atoms with E-state index in [4.69, 9.17) is 10.8 Å². The lowest BCUT2D eigenvalue weighted by Crippen LogP contribution is -2.34. The van der Waals surface area contributed by atoms with Crippen LogP contribution in [0.4, 0.5) is 5.69 Å². The summed E-state index contributed by atoms with van der Waals surface area (Å²) in [5, 5.41) is 9.17. The van der Waals surface area contributed by atoms with Crippen LogP contribution in [0.15, 0.2) is 54.6 Å². The third-order valence-corrected chi connectivity index (χ3v) is 3.34. The maximum absolute atomic E-state index is 12.4. The van der Waals surface area contributed by atoms with Crippen LogP contribution < -0.4 is 5.73 Å². The Kier molecular flexibility index (Phi) is 5.35. The predicted octanol–water partition coefficient (Wildman–Crippen LogP) is 1.83. The number of aliphatic hydroxyl groups is 1. The number of benzene rings is 2. The highest BCUT2D eigenvalue weighted by molar-refractivity contribution is 5.80. The van der Waals surface area contributed by atoms with Gasteiger partial charge in [-0.25, -0.2) is 0 Å². The first-order valence-electron chi connectivity index (χ1n) is 6.96. The summed E-state index contributed by atoms with van der Waals surface area (Å²) in [5.41, 5.74) is 8.36. The van der Waals surface area contributed by atoms with Gasteiger partial charge in [-0.1, -0.05) is 48.5 Å². The fourth-order valence-electron chi connectivity index (χ4n) is 2.19. The van der Waals surface area contributed by atoms with Gasteiger partial charge in [0, 0.05) is 18.8 Å². The van der Waals surface area contributed by atoms with Gasteiger partial charge in [-0.2, -0.15) is 0 Å². The van der Waals surface area contributed by atoms with Gasteiger partial charge in [0.05, 0.1) is 13.0 Å². The molecule has 2 aromatic carbocycles. The highest BCUT2D eigenvalue weighted by Gasteiger charge is 2.15. The average Bonchev–Trinajstić information content (AvgIpc) is 2.50. The lowest BCUT2D eigenvalue weighted by atomic mass is 10.1. The van der Waals surface area contributed by atoms with Crippen molar-refractivity contribution in [2.75, 3.05) is 18.9 Å². The molecule has 2 rings (SSSR count). The topological polar surface area (TPSA) is 66.6 Å². The molecule has 1 amide bonds. The van der Waals surface area contributed by atoms with Crippen LogP contribution in [-0.2, 0) is 17.8 Å². The number of hydrogen-bond acceptors (Lipinski definition) is 3. The van der Waals surface area contributed by atoms with E-state index in [9.17, 15) is 4.79 Å². The second kappa shape index (κ2) is 7.45. The largest absolute Gasteiger partial charge is 0.398 e. The van der Waals surface area contributed by atoms with Crippen molar-refractivity contribution in [3.8, 4) is 0 Å². The fourth-order valence-corrected chi connectivity index (χ4v) is 2.19. The van der Waals surface area contributed by atoms with Crippen molar-refractivity contribution in [2.24, 2.45) is 0 Å². The molecular formula is C17H20N2O2. The summed E-state index contributed by atoms with van der Waals surface area (Å²) in [6, 6.07) is 17.1. The molecule has 4 nitrogen and oxygen atoms in total. The van der Waals surface area contributed by atoms with Crippen LogP contribution in [0.5, 0.6) is 0 Å². The van der Waals surface area contributed by atoms with Gasteiger partial charge in [-0.15, -0.1) is 0 Å². The molecule has 0 saturated carbocycles. The van der Waals surface area contributed by atoms with Crippen LogP contribution in [0.3, 0.4) is 0 Å². The summed E-state index contributed by atoms with van der Waals surface area (Å²) in [6.07, 6.45) is 0.250. The van der Waals surface area contributed by atoms with E-state index in [1.54, 1.807) is 11.0 Å². The normalized spacial score (nSPS) is 10.3. The summed E-state index contributed by atoms with van der Waals surface area (Å²) in [6.45, 7) is 0.760. The van der Waals surface area contributed by atoms with E-state index < -0.39 is 0 Å². The van der Waals surface area contributed by atoms with Crippen LogP contribution in [0.25, 0.3) is 0 Å². The lowest BCUT2D eigenvalue weighted by Gasteiger charge is -2.22. The van der Waals surface area contributed by atoms with E-state index in [1.807, 2.05) is 48.5 Å². The fraction of sp³-hybridized carbons (Fsp3) is 0.235. The Labute approximate surface area is 124 Å². The summed E-state index contributed by atoms with van der Waals surface area (Å²) in [5.74, 6) is -0.0363. The summed E-state index contributed by atoms with van der Waals surface area (Å²) >= 11 is 0. The Hall–Kier alpha value is -2.33. The molecule has 21 heavy (non-hydrogen) atoms. The van der Waals surface area contributed by atoms with Gasteiger partial charge in [0.25, 0.3) is 0 Å². The first-order valence-corrected chi connectivity index (χ1v) is 6.96. The number of rotatable bonds is 6. The minimum atomic E-state index is -0.0527. The quantitative estimate of drug-likeness (QED) is 0.795. The molecule has 0 aliphatic heterocycles. The minimum absolute atomic E-state index is 0.0363. The van der Waals surface area contributed by atoms with E-state index in [-0.39, 0.29) is 18.9 Å². The minimum Gasteiger partial charge on any atom is -0.398 e. The predicted molar refractivity (Wildman–Crippen MR) is 83.5 cm³/mol. The van der Waals surface area contributed by atoms with E-state index >= 15 is 0 Å². The van der Waals surface area contributed by atoms with Crippen molar-refractivity contribution in [1.82, 2.24) is 4.90 Å². The van der Waals surface area contributed by atoms with Gasteiger partial charge in [0.1, 0.15) is 0 Å². The molecule has 0 atom stereocenters. The molecule has 0 aliphatic carbocycles. The Morgan fingerprint density at radius 3 is 2.38 bits per heavy atom. The van der Waals surface area contributed by atoms with Crippen molar-refractivity contribution in [1.29, 1.82) is 0 Å². The second-order valence-electron chi connectivity index (χ2n) is 4.90. The molecule has 0 spiro atoms. The average molecular weight is 284 g/mol. The smallest absolute Gasteiger partial charge is 0.227 e. The molecule has 0 aromatic heterocycles. The van der Waals surface area contributed by atoms with Crippen molar-refractivity contribution in [3.63, 3.8) is 0 Å². The van der Waals surface area contributed by atoms with Crippen LogP contribution in [-0.4, -0.2) is 29.1 Å². The number of hydrogen-bond donors (Lipinski definition) is 2. The number of aliphatic hydroxyl groups excluding tert-OH is 1. The first-order chi connectivity index (χ1) is 10.2. The lowest BCUT2D eigenvalue weighted by molar-refractivity contribution is -0.131. The van der Waals surface area contributed by atoms with Gasteiger partial charge in [0.2, 0.25) is 5.91 Å². The molecular weight excluding hydrogens is 264 g/mol. The first kappa shape index (κ1) is 15.1. The molecule has 3 N–H and O–H groups in total. The van der Waals surface area contributed by atoms with Crippen LogP contribution >= 0.6 is 0 Å². The third-order valence-electron chi connectivity index (χ3n) is 3.34. The Bertz CT molecular complexity index is 584. The van der Waals surface area contributed by atoms with Crippen molar-refractivity contribution in [3.05, 3.63) is 65.7 Å². The molecule has 0 aliphatic rings. The van der Waals surface area contributed by atoms with Gasteiger partial charge < -0.3 is 15.7 Å². The molecule has 0 bridgehead atoms. The zero-order valence-electron chi connectivity index (χ0n) is 11.9. The number of nitrogen functional groups attached to an aromatic ring is 1. The summed E-state index contributed by atoms with van der Waals surface area (Å²) < 4.78 is 0. The monoisotopic (exact) mass is 284 g/mol. The molecule has 2 aromatic rings. The third kappa shape index (κ3) is 4.33. The maximum Gasteiger partial charge on any atom is 0.227 e. The molecule has 0 saturated heterocycles. The maximum atomic E-state index is 12.4. The zero-order valence-corrected chi connectivity index (χ0v) is 11.9. The number of carbonyl (C=O) groups excluding carboxylic acids is 1. The van der Waals surface area contributed by atoms with Crippen molar-refractivity contribution >= 4 is 11.6 Å². The standard InChI is InChI=1S/C17H20N2O2/c18-16-9-5-4-8-15(16)12-17(21)19(10-11-20)13-14-6-2-1-3-7-14/h1-9,20H,10-13,18H2. The summed E-state index contributed by atoms with van der Waals surface area (Å²) in [4.78, 5) is 14.1. The van der Waals surface area contributed by atoms with Gasteiger partial charge in [0.15, 0.2) is 0 Å². The van der Waals surface area contributed by atoms with Crippen LogP contribution in [0.2, 0.25) is 0 Å². The molecule has 0 radical (unpaired) electrons. The molecule has 110 valence electrons. The highest BCUT2D eigenvalue weighted by Crippen LogP contribution is 2.13. The van der Waals surface area contributed by atoms with Gasteiger partial charge in [-0.3, -0.25) is 4.79 Å². The van der Waals surface area contributed by atoms with E-state index in [0.717, 1.165) is 11.1 Å². The van der Waals surface area contributed by atoms with E-state index in [0.29, 0.717) is 18.8 Å². The number of nitrogens with zero attached hydrogens (tertiary/aromatic N) is 1. The number of carbonyl (C=O) groups is 1. The number of anilines is 1. The number of amides is 1. The van der Waals surface area contributed by atoms with E-state index in [2.05, 4.69) is 0 Å². The Morgan fingerprint density at radius 1 is 1.05 bits per heavy atom. The van der Waals surface area contributed by atoms with Crippen molar-refractivity contribution in [2.45, 2.75) is 13.0 Å². The van der Waals surface area contributed by atoms with Crippen LogP contribution in [0, 0.1) is 0 Å². The molecule has 0 heterocycles. The van der Waals surface area contributed by atoms with Crippen molar-refractivity contribution < 1.29 is 9.90 Å². The SMILES string of the molecule is Nc1ccccc1CC(=O)N(CCO)Cc1ccccc1. The molecule has 0 unspecified atom stereocenters. The van der Waals surface area contributed by atoms with Crippen LogP contribution in [0.1, 0.15) is 11.1 Å². The Morgan fingerprint density at radius 2 is 1.71 bits per heavy atom. The highest BCUT2D eigenvalue weighted by atomic mass is 16.3. The Balaban J connectivity index is 2.07. The van der Waals surface area contributed by atoms with E-state index in [1.165, 1.54) is 0 Å². The van der Waals surface area contributed by atoms with Gasteiger partial charge >= 0.3 is 0 Å².